The van der Waals surface area contributed by atoms with Gasteiger partial charge in [0.1, 0.15) is 5.60 Å². The number of aromatic nitrogens is 1. The van der Waals surface area contributed by atoms with Crippen LogP contribution in [-0.4, -0.2) is 35.7 Å². The summed E-state index contributed by atoms with van der Waals surface area (Å²) in [6.07, 6.45) is -1.00. The Morgan fingerprint density at radius 3 is 2.46 bits per heavy atom. The summed E-state index contributed by atoms with van der Waals surface area (Å²) in [5.41, 5.74) is -1.13. The van der Waals surface area contributed by atoms with Gasteiger partial charge in [0, 0.05) is 17.8 Å². The summed E-state index contributed by atoms with van der Waals surface area (Å²) in [5, 5.41) is 2.62. The summed E-state index contributed by atoms with van der Waals surface area (Å²) in [7, 11) is 0. The number of alkyl halides is 3. The Labute approximate surface area is 161 Å². The van der Waals surface area contributed by atoms with Crippen LogP contribution in [0.3, 0.4) is 0 Å². The van der Waals surface area contributed by atoms with Gasteiger partial charge in [0.15, 0.2) is 6.29 Å². The number of alkyl carbamates (subject to hydrolysis) is 1. The Bertz CT molecular complexity index is 823. The van der Waals surface area contributed by atoms with Crippen molar-refractivity contribution in [2.45, 2.75) is 51.3 Å². The van der Waals surface area contributed by atoms with Gasteiger partial charge in [-0.25, -0.2) is 4.79 Å². The number of nitrogens with one attached hydrogen (secondary N) is 1. The van der Waals surface area contributed by atoms with E-state index in [-0.39, 0.29) is 13.0 Å². The number of halogens is 3. The van der Waals surface area contributed by atoms with Crippen LogP contribution in [0.25, 0.3) is 0 Å². The Morgan fingerprint density at radius 1 is 1.32 bits per heavy atom. The lowest BCUT2D eigenvalue weighted by Crippen LogP contribution is -2.43. The Kier molecular flexibility index (Phi) is 6.01. The lowest BCUT2D eigenvalue weighted by molar-refractivity contribution is -0.0888. The fraction of sp³-hybridized carbons (Fsp3) is 0.450. The van der Waals surface area contributed by atoms with E-state index >= 15 is 0 Å². The molecule has 0 radical (unpaired) electrons. The number of amides is 1. The molecule has 1 aromatic rings. The van der Waals surface area contributed by atoms with E-state index in [1.54, 1.807) is 39.8 Å². The van der Waals surface area contributed by atoms with Crippen molar-refractivity contribution < 1.29 is 27.5 Å². The smallest absolute Gasteiger partial charge is 0.416 e. The van der Waals surface area contributed by atoms with Crippen molar-refractivity contribution in [1.82, 2.24) is 10.3 Å². The molecule has 0 saturated carbocycles. The molecule has 5 nitrogen and oxygen atoms in total. The fourth-order valence-corrected chi connectivity index (χ4v) is 2.82. The minimum atomic E-state index is -4.45. The third-order valence-electron chi connectivity index (χ3n) is 4.31. The van der Waals surface area contributed by atoms with Crippen LogP contribution in [0.1, 0.15) is 48.9 Å². The first-order valence-electron chi connectivity index (χ1n) is 8.73. The van der Waals surface area contributed by atoms with Crippen molar-refractivity contribution in [3.05, 3.63) is 52.9 Å². The van der Waals surface area contributed by atoms with Crippen LogP contribution in [0.2, 0.25) is 0 Å². The predicted octanol–water partition coefficient (Wildman–Crippen LogP) is 4.41. The van der Waals surface area contributed by atoms with Gasteiger partial charge < -0.3 is 10.1 Å². The maximum Gasteiger partial charge on any atom is 0.416 e. The van der Waals surface area contributed by atoms with E-state index in [2.05, 4.69) is 10.3 Å². The fourth-order valence-electron chi connectivity index (χ4n) is 2.82. The molecule has 1 N–H and O–H groups in total. The quantitative estimate of drug-likeness (QED) is 0.766. The molecule has 8 heteroatoms. The highest BCUT2D eigenvalue weighted by atomic mass is 19.4. The minimum Gasteiger partial charge on any atom is -0.444 e. The normalized spacial score (nSPS) is 19.8. The van der Waals surface area contributed by atoms with Gasteiger partial charge in [-0.3, -0.25) is 9.78 Å². The van der Waals surface area contributed by atoms with Gasteiger partial charge in [-0.05, 0) is 46.2 Å². The molecule has 28 heavy (non-hydrogen) atoms. The zero-order chi connectivity index (χ0) is 21.2. The molecule has 152 valence electrons. The van der Waals surface area contributed by atoms with Gasteiger partial charge in [0.2, 0.25) is 0 Å². The van der Waals surface area contributed by atoms with Gasteiger partial charge in [-0.2, -0.15) is 13.2 Å². The van der Waals surface area contributed by atoms with Crippen LogP contribution in [0.4, 0.5) is 18.0 Å². The van der Waals surface area contributed by atoms with Gasteiger partial charge in [-0.15, -0.1) is 0 Å². The molecule has 2 rings (SSSR count). The molecule has 0 bridgehead atoms. The number of hydrogen-bond donors (Lipinski definition) is 1. The minimum absolute atomic E-state index is 0.00702. The number of carbonyl (C=O) groups is 2. The van der Waals surface area contributed by atoms with Gasteiger partial charge >= 0.3 is 12.3 Å². The molecule has 1 heterocycles. The first-order chi connectivity index (χ1) is 12.9. The van der Waals surface area contributed by atoms with E-state index in [9.17, 15) is 22.8 Å². The number of aryl methyl sites for hydroxylation is 1. The van der Waals surface area contributed by atoms with Crippen LogP contribution < -0.4 is 5.32 Å². The van der Waals surface area contributed by atoms with Crippen molar-refractivity contribution in [3.63, 3.8) is 0 Å². The largest absolute Gasteiger partial charge is 0.444 e. The number of ether oxygens (including phenoxy) is 1. The Hall–Kier alpha value is -2.64. The summed E-state index contributed by atoms with van der Waals surface area (Å²) in [6, 6.07) is 3.15. The third-order valence-corrected chi connectivity index (χ3v) is 4.31. The molecule has 1 aliphatic rings. The number of pyridine rings is 1. The van der Waals surface area contributed by atoms with Crippen molar-refractivity contribution in [3.8, 4) is 0 Å². The van der Waals surface area contributed by atoms with Gasteiger partial charge in [-0.1, -0.05) is 18.2 Å². The van der Waals surface area contributed by atoms with Crippen LogP contribution >= 0.6 is 0 Å². The summed E-state index contributed by atoms with van der Waals surface area (Å²) in [6.45, 7) is 6.78. The number of rotatable bonds is 4. The van der Waals surface area contributed by atoms with Crippen molar-refractivity contribution in [2.24, 2.45) is 0 Å². The Balaban J connectivity index is 2.34. The lowest BCUT2D eigenvalue weighted by atomic mass is 9.76. The average Bonchev–Trinajstić information content (AvgIpc) is 2.58. The molecule has 0 fully saturated rings. The second-order valence-corrected chi connectivity index (χ2v) is 7.70. The van der Waals surface area contributed by atoms with E-state index in [1.807, 2.05) is 0 Å². The molecule has 0 aromatic carbocycles. The number of carbonyl (C=O) groups excluding carboxylic acids is 2. The standard InChI is InChI=1S/C20H23F3N2O3/c1-13-14(11-26)5-6-16(25-13)19(12-24-17(27)28-18(2,3)4)9-7-15(8-10-19)20(21,22)23/h5-9,11H,10,12H2,1-4H3,(H,24,27). The van der Waals surface area contributed by atoms with E-state index in [0.29, 0.717) is 23.2 Å². The highest BCUT2D eigenvalue weighted by Gasteiger charge is 2.39. The van der Waals surface area contributed by atoms with Crippen LogP contribution in [-0.2, 0) is 10.2 Å². The molecule has 1 aliphatic carbocycles. The first-order valence-corrected chi connectivity index (χ1v) is 8.73. The van der Waals surface area contributed by atoms with Crippen LogP contribution in [0.15, 0.2) is 35.9 Å². The molecule has 1 atom stereocenters. The maximum absolute atomic E-state index is 13.0. The van der Waals surface area contributed by atoms with E-state index < -0.39 is 28.9 Å². The monoisotopic (exact) mass is 396 g/mol. The van der Waals surface area contributed by atoms with Crippen LogP contribution in [0, 0.1) is 6.92 Å². The Morgan fingerprint density at radius 2 is 2.00 bits per heavy atom. The van der Waals surface area contributed by atoms with Crippen LogP contribution in [0.5, 0.6) is 0 Å². The molecule has 0 aliphatic heterocycles. The highest BCUT2D eigenvalue weighted by molar-refractivity contribution is 5.76. The summed E-state index contributed by atoms with van der Waals surface area (Å²) >= 11 is 0. The number of nitrogens with zero attached hydrogens (tertiary/aromatic N) is 1. The second-order valence-electron chi connectivity index (χ2n) is 7.70. The number of aldehydes is 1. The molecule has 1 aromatic heterocycles. The second kappa shape index (κ2) is 7.77. The van der Waals surface area contributed by atoms with E-state index in [4.69, 9.17) is 4.74 Å². The van der Waals surface area contributed by atoms with E-state index in [1.165, 1.54) is 6.08 Å². The number of allylic oxidation sites excluding steroid dienone is 3. The van der Waals surface area contributed by atoms with E-state index in [0.717, 1.165) is 12.2 Å². The molecule has 0 spiro atoms. The molecule has 1 unspecified atom stereocenters. The van der Waals surface area contributed by atoms with Crippen molar-refractivity contribution in [1.29, 1.82) is 0 Å². The van der Waals surface area contributed by atoms with Gasteiger partial charge in [0.25, 0.3) is 0 Å². The first kappa shape index (κ1) is 21.7. The molecule has 0 saturated heterocycles. The lowest BCUT2D eigenvalue weighted by Gasteiger charge is -2.33. The summed E-state index contributed by atoms with van der Waals surface area (Å²) in [4.78, 5) is 27.5. The average molecular weight is 396 g/mol. The predicted molar refractivity (Wildman–Crippen MR) is 98.2 cm³/mol. The topological polar surface area (TPSA) is 68.3 Å². The molecular weight excluding hydrogens is 373 g/mol. The van der Waals surface area contributed by atoms with Crippen molar-refractivity contribution >= 4 is 12.4 Å². The SMILES string of the molecule is Cc1nc(C2(CNC(=O)OC(C)(C)C)C=CC(C(F)(F)F)=CC2)ccc1C=O. The number of hydrogen-bond acceptors (Lipinski definition) is 4. The highest BCUT2D eigenvalue weighted by Crippen LogP contribution is 2.38. The molecular formula is C20H23F3N2O3. The summed E-state index contributed by atoms with van der Waals surface area (Å²) in [5.74, 6) is 0. The maximum atomic E-state index is 13.0. The zero-order valence-electron chi connectivity index (χ0n) is 16.2. The van der Waals surface area contributed by atoms with Crippen molar-refractivity contribution in [2.75, 3.05) is 6.54 Å². The zero-order valence-corrected chi connectivity index (χ0v) is 16.2. The van der Waals surface area contributed by atoms with Gasteiger partial charge in [0.05, 0.1) is 16.7 Å². The molecule has 1 amide bonds. The summed E-state index contributed by atoms with van der Waals surface area (Å²) < 4.78 is 44.2. The third kappa shape index (κ3) is 5.21.